The lowest BCUT2D eigenvalue weighted by atomic mass is 10.5. The van der Waals surface area contributed by atoms with E-state index in [2.05, 4.69) is 20.4 Å². The second-order valence-corrected chi connectivity index (χ2v) is 3.40. The lowest BCUT2D eigenvalue weighted by Gasteiger charge is -2.03. The highest BCUT2D eigenvalue weighted by molar-refractivity contribution is 5.64. The zero-order chi connectivity index (χ0) is 12.1. The number of nitrogens with one attached hydrogen (secondary N) is 1. The molecule has 0 aliphatic carbocycles. The van der Waals surface area contributed by atoms with Crippen molar-refractivity contribution in [3.8, 4) is 0 Å². The zero-order valence-electron chi connectivity index (χ0n) is 9.50. The molecule has 0 aliphatic heterocycles. The standard InChI is InChI=1S/C10H14N6O/c1-17-5-4-16-7-8(6-14-16)15-10-9(11)12-2-3-13-10/h2-3,6-7H,4-5H2,1H3,(H2,11,12)(H,13,15). The predicted octanol–water partition coefficient (Wildman–Crippen LogP) is 0.645. The van der Waals surface area contributed by atoms with E-state index in [9.17, 15) is 0 Å². The molecule has 0 saturated heterocycles. The molecule has 0 amide bonds. The molecule has 0 fully saturated rings. The van der Waals surface area contributed by atoms with Crippen LogP contribution < -0.4 is 11.1 Å². The Morgan fingerprint density at radius 1 is 1.41 bits per heavy atom. The molecule has 0 spiro atoms. The van der Waals surface area contributed by atoms with Crippen LogP contribution in [0.4, 0.5) is 17.3 Å². The topological polar surface area (TPSA) is 90.9 Å². The van der Waals surface area contributed by atoms with Crippen LogP contribution >= 0.6 is 0 Å². The van der Waals surface area contributed by atoms with E-state index < -0.39 is 0 Å². The Morgan fingerprint density at radius 2 is 2.24 bits per heavy atom. The monoisotopic (exact) mass is 234 g/mol. The van der Waals surface area contributed by atoms with Gasteiger partial charge in [0.25, 0.3) is 0 Å². The summed E-state index contributed by atoms with van der Waals surface area (Å²) in [7, 11) is 1.66. The van der Waals surface area contributed by atoms with Crippen molar-refractivity contribution in [3.05, 3.63) is 24.8 Å². The van der Waals surface area contributed by atoms with Crippen LogP contribution in [0.15, 0.2) is 24.8 Å². The van der Waals surface area contributed by atoms with Gasteiger partial charge < -0.3 is 15.8 Å². The smallest absolute Gasteiger partial charge is 0.173 e. The third kappa shape index (κ3) is 2.91. The van der Waals surface area contributed by atoms with Crippen LogP contribution in [0.25, 0.3) is 0 Å². The molecule has 0 atom stereocenters. The maximum atomic E-state index is 5.67. The molecular weight excluding hydrogens is 220 g/mol. The first-order valence-electron chi connectivity index (χ1n) is 5.14. The number of nitrogen functional groups attached to an aromatic ring is 1. The molecule has 2 heterocycles. The summed E-state index contributed by atoms with van der Waals surface area (Å²) >= 11 is 0. The molecule has 90 valence electrons. The van der Waals surface area contributed by atoms with E-state index in [1.54, 1.807) is 30.4 Å². The van der Waals surface area contributed by atoms with Crippen molar-refractivity contribution >= 4 is 17.3 Å². The van der Waals surface area contributed by atoms with Gasteiger partial charge in [0.05, 0.1) is 25.0 Å². The number of nitrogens with zero attached hydrogens (tertiary/aromatic N) is 4. The lowest BCUT2D eigenvalue weighted by Crippen LogP contribution is -2.04. The van der Waals surface area contributed by atoms with Gasteiger partial charge in [-0.2, -0.15) is 5.10 Å². The van der Waals surface area contributed by atoms with Crippen LogP contribution in [-0.2, 0) is 11.3 Å². The SMILES string of the molecule is COCCn1cc(Nc2nccnc2N)cn1. The quantitative estimate of drug-likeness (QED) is 0.789. The van der Waals surface area contributed by atoms with Crippen molar-refractivity contribution in [2.45, 2.75) is 6.54 Å². The molecule has 7 nitrogen and oxygen atoms in total. The fourth-order valence-electron chi connectivity index (χ4n) is 1.32. The minimum atomic E-state index is 0.358. The van der Waals surface area contributed by atoms with E-state index in [1.165, 1.54) is 0 Å². The Balaban J connectivity index is 2.04. The number of rotatable bonds is 5. The second kappa shape index (κ2) is 5.26. The summed E-state index contributed by atoms with van der Waals surface area (Å²) in [5.41, 5.74) is 6.49. The van der Waals surface area contributed by atoms with E-state index in [-0.39, 0.29) is 0 Å². The molecule has 0 aromatic carbocycles. The largest absolute Gasteiger partial charge is 0.383 e. The van der Waals surface area contributed by atoms with E-state index >= 15 is 0 Å². The fourth-order valence-corrected chi connectivity index (χ4v) is 1.32. The van der Waals surface area contributed by atoms with Gasteiger partial charge in [-0.1, -0.05) is 0 Å². The highest BCUT2D eigenvalue weighted by Gasteiger charge is 2.03. The number of nitrogens with two attached hydrogens (primary N) is 1. The Labute approximate surface area is 98.6 Å². The highest BCUT2D eigenvalue weighted by atomic mass is 16.5. The zero-order valence-corrected chi connectivity index (χ0v) is 9.50. The molecule has 0 radical (unpaired) electrons. The summed E-state index contributed by atoms with van der Waals surface area (Å²) in [5.74, 6) is 0.885. The molecule has 3 N–H and O–H groups in total. The van der Waals surface area contributed by atoms with Crippen LogP contribution in [0.1, 0.15) is 0 Å². The van der Waals surface area contributed by atoms with Gasteiger partial charge in [0.2, 0.25) is 0 Å². The third-order valence-corrected chi connectivity index (χ3v) is 2.15. The molecule has 7 heteroatoms. The third-order valence-electron chi connectivity index (χ3n) is 2.15. The van der Waals surface area contributed by atoms with Gasteiger partial charge in [-0.3, -0.25) is 4.68 Å². The van der Waals surface area contributed by atoms with Gasteiger partial charge in [0.1, 0.15) is 0 Å². The Hall–Kier alpha value is -2.15. The molecule has 0 bridgehead atoms. The molecule has 2 rings (SSSR count). The number of hydrogen-bond acceptors (Lipinski definition) is 6. The average molecular weight is 234 g/mol. The second-order valence-electron chi connectivity index (χ2n) is 3.40. The molecule has 0 unspecified atom stereocenters. The Morgan fingerprint density at radius 3 is 3.00 bits per heavy atom. The van der Waals surface area contributed by atoms with E-state index in [1.807, 2.05) is 6.20 Å². The predicted molar refractivity (Wildman–Crippen MR) is 63.8 cm³/mol. The first-order chi connectivity index (χ1) is 8.29. The first kappa shape index (κ1) is 11.3. The maximum Gasteiger partial charge on any atom is 0.173 e. The minimum absolute atomic E-state index is 0.358. The van der Waals surface area contributed by atoms with Crippen molar-refractivity contribution in [2.75, 3.05) is 24.8 Å². The van der Waals surface area contributed by atoms with Crippen LogP contribution in [-0.4, -0.2) is 33.5 Å². The van der Waals surface area contributed by atoms with Crippen molar-refractivity contribution in [2.24, 2.45) is 0 Å². The Bertz CT molecular complexity index is 483. The molecule has 2 aromatic heterocycles. The minimum Gasteiger partial charge on any atom is -0.383 e. The lowest BCUT2D eigenvalue weighted by molar-refractivity contribution is 0.183. The summed E-state index contributed by atoms with van der Waals surface area (Å²) in [6, 6.07) is 0. The van der Waals surface area contributed by atoms with Crippen molar-refractivity contribution in [3.63, 3.8) is 0 Å². The van der Waals surface area contributed by atoms with Crippen molar-refractivity contribution < 1.29 is 4.74 Å². The number of anilines is 3. The van der Waals surface area contributed by atoms with Gasteiger partial charge in [-0.15, -0.1) is 0 Å². The van der Waals surface area contributed by atoms with Crippen LogP contribution in [0.2, 0.25) is 0 Å². The molecule has 0 aliphatic rings. The van der Waals surface area contributed by atoms with Gasteiger partial charge in [0.15, 0.2) is 11.6 Å². The summed E-state index contributed by atoms with van der Waals surface area (Å²) < 4.78 is 6.75. The van der Waals surface area contributed by atoms with Crippen LogP contribution in [0, 0.1) is 0 Å². The summed E-state index contributed by atoms with van der Waals surface area (Å²) in [5, 5.41) is 7.21. The van der Waals surface area contributed by atoms with E-state index in [0.29, 0.717) is 24.8 Å². The van der Waals surface area contributed by atoms with Gasteiger partial charge in [0, 0.05) is 25.7 Å². The maximum absolute atomic E-state index is 5.67. The molecule has 17 heavy (non-hydrogen) atoms. The first-order valence-corrected chi connectivity index (χ1v) is 5.14. The number of hydrogen-bond donors (Lipinski definition) is 2. The number of ether oxygens (including phenoxy) is 1. The van der Waals surface area contributed by atoms with Gasteiger partial charge in [-0.05, 0) is 0 Å². The number of methoxy groups -OCH3 is 1. The highest BCUT2D eigenvalue weighted by Crippen LogP contribution is 2.16. The number of aromatic nitrogens is 4. The molecule has 2 aromatic rings. The summed E-state index contributed by atoms with van der Waals surface area (Å²) in [6.07, 6.45) is 6.67. The molecule has 0 saturated carbocycles. The summed E-state index contributed by atoms with van der Waals surface area (Å²) in [4.78, 5) is 8.02. The van der Waals surface area contributed by atoms with Gasteiger partial charge >= 0.3 is 0 Å². The fraction of sp³-hybridized carbons (Fsp3) is 0.300. The normalized spacial score (nSPS) is 10.4. The van der Waals surface area contributed by atoms with E-state index in [0.717, 1.165) is 5.69 Å². The summed E-state index contributed by atoms with van der Waals surface area (Å²) in [6.45, 7) is 1.32. The molecular formula is C10H14N6O. The average Bonchev–Trinajstić information content (AvgIpc) is 2.77. The van der Waals surface area contributed by atoms with E-state index in [4.69, 9.17) is 10.5 Å². The van der Waals surface area contributed by atoms with Crippen molar-refractivity contribution in [1.82, 2.24) is 19.7 Å². The van der Waals surface area contributed by atoms with Crippen LogP contribution in [0.5, 0.6) is 0 Å². The van der Waals surface area contributed by atoms with Gasteiger partial charge in [-0.25, -0.2) is 9.97 Å². The van der Waals surface area contributed by atoms with Crippen LogP contribution in [0.3, 0.4) is 0 Å². The van der Waals surface area contributed by atoms with Crippen molar-refractivity contribution in [1.29, 1.82) is 0 Å². The Kier molecular flexibility index (Phi) is 3.51.